The van der Waals surface area contributed by atoms with Gasteiger partial charge in [-0.2, -0.15) is 0 Å². The van der Waals surface area contributed by atoms with Crippen LogP contribution in [0.3, 0.4) is 0 Å². The number of aromatic carboxylic acids is 1. The Morgan fingerprint density at radius 3 is 2.70 bits per heavy atom. The van der Waals surface area contributed by atoms with Crippen LogP contribution in [0, 0.1) is 5.41 Å². The molecule has 1 unspecified atom stereocenters. The number of hydrogen-bond acceptors (Lipinski definition) is 3. The van der Waals surface area contributed by atoms with Gasteiger partial charge in [0, 0.05) is 18.8 Å². The number of hydrogen-bond donors (Lipinski definition) is 2. The van der Waals surface area contributed by atoms with Gasteiger partial charge < -0.3 is 15.7 Å². The molecule has 1 aromatic carbocycles. The summed E-state index contributed by atoms with van der Waals surface area (Å²) in [6, 6.07) is 4.91. The molecule has 2 rings (SSSR count). The van der Waals surface area contributed by atoms with Crippen LogP contribution >= 0.6 is 0 Å². The first-order valence-electron chi connectivity index (χ1n) is 6.81. The standard InChI is InChI=1S/C15H20N2O3/c1-3-15(2,9-16)14(20)17-7-6-10-8-11(13(18)19)4-5-12(10)17/h4-5,8H,3,6-7,9,16H2,1-2H3,(H,18,19). The van der Waals surface area contributed by atoms with E-state index < -0.39 is 11.4 Å². The van der Waals surface area contributed by atoms with E-state index in [1.165, 1.54) is 0 Å². The number of rotatable bonds is 4. The minimum atomic E-state index is -0.946. The Bertz CT molecular complexity index is 550. The van der Waals surface area contributed by atoms with Crippen molar-refractivity contribution in [2.75, 3.05) is 18.0 Å². The topological polar surface area (TPSA) is 83.6 Å². The highest BCUT2D eigenvalue weighted by Crippen LogP contribution is 2.33. The van der Waals surface area contributed by atoms with Crippen molar-refractivity contribution in [2.45, 2.75) is 26.7 Å². The normalized spacial score (nSPS) is 16.6. The summed E-state index contributed by atoms with van der Waals surface area (Å²) in [6.07, 6.45) is 1.37. The summed E-state index contributed by atoms with van der Waals surface area (Å²) < 4.78 is 0. The summed E-state index contributed by atoms with van der Waals surface area (Å²) in [7, 11) is 0. The molecular weight excluding hydrogens is 256 g/mol. The fraction of sp³-hybridized carbons (Fsp3) is 0.467. The van der Waals surface area contributed by atoms with E-state index in [-0.39, 0.29) is 11.5 Å². The van der Waals surface area contributed by atoms with Gasteiger partial charge >= 0.3 is 5.97 Å². The first kappa shape index (κ1) is 14.5. The minimum absolute atomic E-state index is 0.0179. The number of fused-ring (bicyclic) bond motifs is 1. The van der Waals surface area contributed by atoms with Gasteiger partial charge in [-0.15, -0.1) is 0 Å². The molecule has 1 heterocycles. The number of amides is 1. The molecule has 1 aliphatic heterocycles. The monoisotopic (exact) mass is 276 g/mol. The Labute approximate surface area is 118 Å². The van der Waals surface area contributed by atoms with Crippen LogP contribution in [0.2, 0.25) is 0 Å². The first-order valence-corrected chi connectivity index (χ1v) is 6.81. The molecular formula is C15H20N2O3. The van der Waals surface area contributed by atoms with E-state index in [9.17, 15) is 9.59 Å². The molecule has 0 saturated heterocycles. The lowest BCUT2D eigenvalue weighted by Gasteiger charge is -2.30. The average molecular weight is 276 g/mol. The molecule has 0 radical (unpaired) electrons. The lowest BCUT2D eigenvalue weighted by atomic mass is 9.86. The molecule has 0 saturated carbocycles. The van der Waals surface area contributed by atoms with Crippen molar-refractivity contribution in [3.63, 3.8) is 0 Å². The molecule has 20 heavy (non-hydrogen) atoms. The summed E-state index contributed by atoms with van der Waals surface area (Å²) in [5.41, 5.74) is 7.17. The number of nitrogens with zero attached hydrogens (tertiary/aromatic N) is 1. The van der Waals surface area contributed by atoms with Gasteiger partial charge in [0.2, 0.25) is 5.91 Å². The molecule has 3 N–H and O–H groups in total. The lowest BCUT2D eigenvalue weighted by Crippen LogP contribution is -2.45. The van der Waals surface area contributed by atoms with Crippen LogP contribution < -0.4 is 10.6 Å². The van der Waals surface area contributed by atoms with Crippen molar-refractivity contribution in [1.29, 1.82) is 0 Å². The molecule has 5 heteroatoms. The molecule has 0 aromatic heterocycles. The Balaban J connectivity index is 2.33. The molecule has 0 fully saturated rings. The van der Waals surface area contributed by atoms with Gasteiger partial charge in [0.25, 0.3) is 0 Å². The summed E-state index contributed by atoms with van der Waals surface area (Å²) in [6.45, 7) is 4.72. The molecule has 108 valence electrons. The van der Waals surface area contributed by atoms with Crippen LogP contribution in [-0.4, -0.2) is 30.1 Å². The molecule has 1 atom stereocenters. The van der Waals surface area contributed by atoms with Gasteiger partial charge in [-0.05, 0) is 43.5 Å². The first-order chi connectivity index (χ1) is 9.42. The van der Waals surface area contributed by atoms with Crippen LogP contribution in [0.4, 0.5) is 5.69 Å². The van der Waals surface area contributed by atoms with E-state index in [4.69, 9.17) is 10.8 Å². The SMILES string of the molecule is CCC(C)(CN)C(=O)N1CCc2cc(C(=O)O)ccc21. The Kier molecular flexibility index (Phi) is 3.81. The van der Waals surface area contributed by atoms with E-state index in [0.29, 0.717) is 25.9 Å². The lowest BCUT2D eigenvalue weighted by molar-refractivity contribution is -0.127. The number of carboxylic acids is 1. The number of carbonyl (C=O) groups excluding carboxylic acids is 1. The van der Waals surface area contributed by atoms with E-state index in [1.54, 1.807) is 23.1 Å². The van der Waals surface area contributed by atoms with Crippen molar-refractivity contribution in [2.24, 2.45) is 11.1 Å². The highest BCUT2D eigenvalue weighted by atomic mass is 16.4. The van der Waals surface area contributed by atoms with Crippen LogP contribution in [0.5, 0.6) is 0 Å². The minimum Gasteiger partial charge on any atom is -0.478 e. The van der Waals surface area contributed by atoms with Crippen molar-refractivity contribution < 1.29 is 14.7 Å². The molecule has 0 spiro atoms. The van der Waals surface area contributed by atoms with E-state index in [0.717, 1.165) is 11.3 Å². The van der Waals surface area contributed by atoms with Crippen LogP contribution in [-0.2, 0) is 11.2 Å². The Hall–Kier alpha value is -1.88. The summed E-state index contributed by atoms with van der Waals surface area (Å²) in [5, 5.41) is 9.00. The molecule has 0 bridgehead atoms. The molecule has 1 aromatic rings. The summed E-state index contributed by atoms with van der Waals surface area (Å²) in [4.78, 5) is 25.3. The van der Waals surface area contributed by atoms with Crippen molar-refractivity contribution in [1.82, 2.24) is 0 Å². The number of benzene rings is 1. The predicted octanol–water partition coefficient (Wildman–Crippen LogP) is 1.65. The third-order valence-corrected chi connectivity index (χ3v) is 4.21. The van der Waals surface area contributed by atoms with Gasteiger partial charge in [-0.1, -0.05) is 6.92 Å². The smallest absolute Gasteiger partial charge is 0.335 e. The van der Waals surface area contributed by atoms with Crippen LogP contribution in [0.1, 0.15) is 36.2 Å². The second kappa shape index (κ2) is 5.25. The van der Waals surface area contributed by atoms with Crippen molar-refractivity contribution in [3.05, 3.63) is 29.3 Å². The molecule has 0 aliphatic carbocycles. The Morgan fingerprint density at radius 2 is 2.15 bits per heavy atom. The molecule has 5 nitrogen and oxygen atoms in total. The van der Waals surface area contributed by atoms with E-state index in [1.807, 2.05) is 13.8 Å². The van der Waals surface area contributed by atoms with E-state index >= 15 is 0 Å². The van der Waals surface area contributed by atoms with Crippen molar-refractivity contribution in [3.8, 4) is 0 Å². The number of anilines is 1. The third kappa shape index (κ3) is 2.29. The maximum atomic E-state index is 12.6. The largest absolute Gasteiger partial charge is 0.478 e. The van der Waals surface area contributed by atoms with Crippen molar-refractivity contribution >= 4 is 17.6 Å². The maximum Gasteiger partial charge on any atom is 0.335 e. The van der Waals surface area contributed by atoms with E-state index in [2.05, 4.69) is 0 Å². The fourth-order valence-corrected chi connectivity index (χ4v) is 2.45. The summed E-state index contributed by atoms with van der Waals surface area (Å²) >= 11 is 0. The predicted molar refractivity (Wildman–Crippen MR) is 76.9 cm³/mol. The Morgan fingerprint density at radius 1 is 1.45 bits per heavy atom. The number of nitrogens with two attached hydrogens (primary N) is 1. The zero-order valence-electron chi connectivity index (χ0n) is 11.8. The van der Waals surface area contributed by atoms with Gasteiger partial charge in [0.1, 0.15) is 0 Å². The maximum absolute atomic E-state index is 12.6. The second-order valence-corrected chi connectivity index (χ2v) is 5.47. The number of carbonyl (C=O) groups is 2. The molecule has 1 aliphatic rings. The average Bonchev–Trinajstić information content (AvgIpc) is 2.88. The quantitative estimate of drug-likeness (QED) is 0.875. The molecule has 1 amide bonds. The highest BCUT2D eigenvalue weighted by molar-refractivity contribution is 6.00. The summed E-state index contributed by atoms with van der Waals surface area (Å²) in [5.74, 6) is -0.928. The second-order valence-electron chi connectivity index (χ2n) is 5.47. The van der Waals surface area contributed by atoms with Gasteiger partial charge in [0.05, 0.1) is 11.0 Å². The highest BCUT2D eigenvalue weighted by Gasteiger charge is 2.37. The zero-order chi connectivity index (χ0) is 14.9. The van der Waals surface area contributed by atoms with Gasteiger partial charge in [0.15, 0.2) is 0 Å². The fourth-order valence-electron chi connectivity index (χ4n) is 2.45. The van der Waals surface area contributed by atoms with Crippen LogP contribution in [0.25, 0.3) is 0 Å². The van der Waals surface area contributed by atoms with Gasteiger partial charge in [-0.25, -0.2) is 4.79 Å². The van der Waals surface area contributed by atoms with Gasteiger partial charge in [-0.3, -0.25) is 4.79 Å². The number of carboxylic acid groups (broad SMARTS) is 1. The zero-order valence-corrected chi connectivity index (χ0v) is 11.8. The third-order valence-electron chi connectivity index (χ3n) is 4.21. The van der Waals surface area contributed by atoms with Crippen LogP contribution in [0.15, 0.2) is 18.2 Å².